The minimum absolute atomic E-state index is 0.422. The third-order valence-electron chi connectivity index (χ3n) is 6.13. The van der Waals surface area contributed by atoms with Crippen molar-refractivity contribution in [2.45, 2.75) is 48.5 Å². The summed E-state index contributed by atoms with van der Waals surface area (Å²) in [6.45, 7) is 5.19. The third kappa shape index (κ3) is 3.06. The zero-order valence-electron chi connectivity index (χ0n) is 17.7. The molecule has 164 valence electrons. The van der Waals surface area contributed by atoms with Gasteiger partial charge in [0.15, 0.2) is 0 Å². The molecule has 2 aliphatic heterocycles. The molecule has 8 nitrogen and oxygen atoms in total. The maximum atomic E-state index is 13.1. The zero-order valence-corrected chi connectivity index (χ0v) is 18.5. The lowest BCUT2D eigenvalue weighted by Gasteiger charge is -2.51. The molecule has 4 rings (SSSR count). The number of benzene rings is 2. The van der Waals surface area contributed by atoms with Crippen LogP contribution in [-0.2, 0) is 14.4 Å². The number of amides is 2. The van der Waals surface area contributed by atoms with E-state index in [4.69, 9.17) is 10.5 Å². The van der Waals surface area contributed by atoms with Crippen molar-refractivity contribution < 1.29 is 24.2 Å². The van der Waals surface area contributed by atoms with E-state index in [1.807, 2.05) is 30.3 Å². The van der Waals surface area contributed by atoms with E-state index in [2.05, 4.69) is 5.32 Å². The fourth-order valence-corrected chi connectivity index (χ4v) is 6.19. The normalized spacial score (nSPS) is 27.4. The summed E-state index contributed by atoms with van der Waals surface area (Å²) in [6.07, 6.45) is 0. The highest BCUT2D eigenvalue weighted by Crippen LogP contribution is 2.54. The summed E-state index contributed by atoms with van der Waals surface area (Å²) < 4.78 is 4.87. The summed E-state index contributed by atoms with van der Waals surface area (Å²) in [5.41, 5.74) is 5.56. The monoisotopic (exact) mass is 443 g/mol. The van der Waals surface area contributed by atoms with Gasteiger partial charge in [-0.1, -0.05) is 36.4 Å². The highest BCUT2D eigenvalue weighted by atomic mass is 32.2. The Morgan fingerprint density at radius 2 is 1.90 bits per heavy atom. The molecule has 2 fully saturated rings. The first-order valence-electron chi connectivity index (χ1n) is 9.89. The minimum Gasteiger partial charge on any atom is -0.496 e. The molecule has 2 unspecified atom stereocenters. The maximum Gasteiger partial charge on any atom is 0.327 e. The van der Waals surface area contributed by atoms with E-state index in [9.17, 15) is 19.5 Å². The third-order valence-corrected chi connectivity index (χ3v) is 7.88. The number of β-lactam (4-membered cyclic amide) rings is 1. The Morgan fingerprint density at radius 3 is 2.55 bits per heavy atom. The molecular formula is C22H25N3O5S. The van der Waals surface area contributed by atoms with Gasteiger partial charge in [0.05, 0.1) is 7.11 Å². The second-order valence-corrected chi connectivity index (χ2v) is 10.3. The number of hydrogen-bond donors (Lipinski definition) is 3. The zero-order chi connectivity index (χ0) is 22.7. The molecule has 2 saturated heterocycles. The van der Waals surface area contributed by atoms with Crippen LogP contribution in [0.1, 0.15) is 32.4 Å². The van der Waals surface area contributed by atoms with Gasteiger partial charge in [0.2, 0.25) is 5.91 Å². The van der Waals surface area contributed by atoms with Gasteiger partial charge in [-0.15, -0.1) is 11.8 Å². The van der Waals surface area contributed by atoms with Crippen LogP contribution in [0.2, 0.25) is 0 Å². The first-order valence-corrected chi connectivity index (χ1v) is 10.8. The molecule has 0 spiro atoms. The van der Waals surface area contributed by atoms with Crippen LogP contribution in [0.25, 0.3) is 10.8 Å². The summed E-state index contributed by atoms with van der Waals surface area (Å²) in [5.74, 6) is -1.50. The van der Waals surface area contributed by atoms with Crippen LogP contribution in [0.5, 0.6) is 5.75 Å². The topological polar surface area (TPSA) is 122 Å². The summed E-state index contributed by atoms with van der Waals surface area (Å²) >= 11 is 1.37. The lowest BCUT2D eigenvalue weighted by atomic mass is 9.85. The van der Waals surface area contributed by atoms with E-state index >= 15 is 0 Å². The fourth-order valence-electron chi connectivity index (χ4n) is 4.55. The van der Waals surface area contributed by atoms with Crippen LogP contribution in [0.15, 0.2) is 36.4 Å². The summed E-state index contributed by atoms with van der Waals surface area (Å²) in [6, 6.07) is 9.21. The van der Waals surface area contributed by atoms with Crippen molar-refractivity contribution in [2.75, 3.05) is 7.11 Å². The summed E-state index contributed by atoms with van der Waals surface area (Å²) in [5, 5.41) is 13.7. The molecule has 2 amide bonds. The molecular weight excluding hydrogens is 418 g/mol. The Labute approximate surface area is 184 Å². The van der Waals surface area contributed by atoms with Gasteiger partial charge in [-0.25, -0.2) is 4.79 Å². The van der Waals surface area contributed by atoms with E-state index in [0.29, 0.717) is 11.3 Å². The largest absolute Gasteiger partial charge is 0.496 e. The molecule has 0 saturated carbocycles. The standard InChI is InChI=1S/C22H25N3O5S/c1-21(2)16(18(27)28)25-19(29)22(3,20(25)31-21)24-17(26)14(23)13-10-9-11-7-5-6-8-12(11)15(13)30-4/h5-10,14,16,20H,23H2,1-4H3,(H,24,26)(H,27,28)/t14?,16-,20+,22?/m0/s1. The Kier molecular flexibility index (Phi) is 4.94. The molecule has 4 atom stereocenters. The first kappa shape index (κ1) is 21.5. The molecule has 0 aliphatic carbocycles. The van der Waals surface area contributed by atoms with Crippen molar-refractivity contribution in [3.63, 3.8) is 0 Å². The highest BCUT2D eigenvalue weighted by Gasteiger charge is 2.70. The number of aliphatic carboxylic acids is 1. The molecule has 0 bridgehead atoms. The smallest absolute Gasteiger partial charge is 0.327 e. The molecule has 2 aromatic rings. The number of nitrogens with one attached hydrogen (secondary N) is 1. The van der Waals surface area contributed by atoms with Crippen LogP contribution in [0.3, 0.4) is 0 Å². The van der Waals surface area contributed by atoms with Crippen LogP contribution in [0.4, 0.5) is 0 Å². The van der Waals surface area contributed by atoms with Gasteiger partial charge in [0.25, 0.3) is 5.91 Å². The number of carbonyl (C=O) groups is 3. The molecule has 2 aliphatic rings. The van der Waals surface area contributed by atoms with Crippen LogP contribution in [0, 0.1) is 0 Å². The number of ether oxygens (including phenoxy) is 1. The predicted molar refractivity (Wildman–Crippen MR) is 118 cm³/mol. The fraction of sp³-hybridized carbons (Fsp3) is 0.409. The van der Waals surface area contributed by atoms with Crippen LogP contribution >= 0.6 is 11.8 Å². The molecule has 0 aromatic heterocycles. The van der Waals surface area contributed by atoms with Crippen molar-refractivity contribution in [1.29, 1.82) is 0 Å². The van der Waals surface area contributed by atoms with E-state index in [1.165, 1.54) is 23.8 Å². The van der Waals surface area contributed by atoms with Crippen LogP contribution in [-0.4, -0.2) is 56.6 Å². The molecule has 31 heavy (non-hydrogen) atoms. The van der Waals surface area contributed by atoms with Gasteiger partial charge < -0.3 is 25.8 Å². The number of carboxylic acid groups (broad SMARTS) is 1. The number of nitrogens with two attached hydrogens (primary N) is 1. The Hall–Kier alpha value is -2.78. The van der Waals surface area contributed by atoms with E-state index in [0.717, 1.165) is 10.8 Å². The lowest BCUT2D eigenvalue weighted by Crippen LogP contribution is -2.78. The second-order valence-electron chi connectivity index (χ2n) is 8.61. The van der Waals surface area contributed by atoms with Crippen molar-refractivity contribution in [3.05, 3.63) is 42.0 Å². The lowest BCUT2D eigenvalue weighted by molar-refractivity contribution is -0.168. The number of rotatable bonds is 5. The number of nitrogens with zero attached hydrogens (tertiary/aromatic N) is 1. The Balaban J connectivity index is 1.60. The Morgan fingerprint density at radius 1 is 1.23 bits per heavy atom. The highest BCUT2D eigenvalue weighted by molar-refractivity contribution is 8.01. The number of thioether (sulfide) groups is 1. The predicted octanol–water partition coefficient (Wildman–Crippen LogP) is 1.87. The van der Waals surface area contributed by atoms with Gasteiger partial charge in [0.1, 0.15) is 28.7 Å². The van der Waals surface area contributed by atoms with Crippen molar-refractivity contribution >= 4 is 40.3 Å². The van der Waals surface area contributed by atoms with Crippen molar-refractivity contribution in [3.8, 4) is 5.75 Å². The van der Waals surface area contributed by atoms with Gasteiger partial charge >= 0.3 is 5.97 Å². The molecule has 9 heteroatoms. The SMILES string of the molecule is COc1c(C(N)C(=O)NC2(C)C(=O)N3[C@@H](C(=O)O)C(C)(C)S[C@@H]32)ccc2ccccc12. The molecule has 2 aromatic carbocycles. The summed E-state index contributed by atoms with van der Waals surface area (Å²) in [4.78, 5) is 39.1. The van der Waals surface area contributed by atoms with Gasteiger partial charge in [-0.3, -0.25) is 9.59 Å². The molecule has 2 heterocycles. The Bertz CT molecular complexity index is 1100. The number of carboxylic acids is 1. The van der Waals surface area contributed by atoms with Gasteiger partial charge in [0, 0.05) is 15.7 Å². The van der Waals surface area contributed by atoms with E-state index in [1.54, 1.807) is 26.8 Å². The first-order chi connectivity index (χ1) is 14.5. The number of fused-ring (bicyclic) bond motifs is 2. The number of methoxy groups -OCH3 is 1. The summed E-state index contributed by atoms with van der Waals surface area (Å²) in [7, 11) is 1.52. The van der Waals surface area contributed by atoms with E-state index < -0.39 is 45.5 Å². The number of carbonyl (C=O) groups excluding carboxylic acids is 2. The molecule has 0 radical (unpaired) electrons. The van der Waals surface area contributed by atoms with Crippen molar-refractivity contribution in [1.82, 2.24) is 10.2 Å². The minimum atomic E-state index is -1.23. The quantitative estimate of drug-likeness (QED) is 0.603. The van der Waals surface area contributed by atoms with Gasteiger partial charge in [-0.05, 0) is 26.2 Å². The van der Waals surface area contributed by atoms with Gasteiger partial charge in [-0.2, -0.15) is 0 Å². The number of hydrogen-bond acceptors (Lipinski definition) is 6. The average molecular weight is 444 g/mol. The molecule has 4 N–H and O–H groups in total. The average Bonchev–Trinajstić information content (AvgIpc) is 3.01. The van der Waals surface area contributed by atoms with Crippen LogP contribution < -0.4 is 15.8 Å². The second kappa shape index (κ2) is 7.13. The van der Waals surface area contributed by atoms with Crippen molar-refractivity contribution in [2.24, 2.45) is 5.73 Å². The van der Waals surface area contributed by atoms with E-state index in [-0.39, 0.29) is 0 Å². The maximum absolute atomic E-state index is 13.1.